The van der Waals surface area contributed by atoms with Gasteiger partial charge in [0.05, 0.1) is 5.69 Å². The van der Waals surface area contributed by atoms with Crippen LogP contribution in [0.3, 0.4) is 0 Å². The zero-order valence-electron chi connectivity index (χ0n) is 13.8. The van der Waals surface area contributed by atoms with Gasteiger partial charge in [0.25, 0.3) is 0 Å². The van der Waals surface area contributed by atoms with Crippen LogP contribution in [0.5, 0.6) is 0 Å². The Morgan fingerprint density at radius 2 is 2.12 bits per heavy atom. The van der Waals surface area contributed by atoms with Crippen LogP contribution in [0.2, 0.25) is 0 Å². The number of hydrogen-bond acceptors (Lipinski definition) is 4. The summed E-state index contributed by atoms with van der Waals surface area (Å²) in [5, 5.41) is 23.4. The van der Waals surface area contributed by atoms with Gasteiger partial charge in [-0.25, -0.2) is 4.68 Å². The smallest absolute Gasteiger partial charge is 0.325 e. The number of hydrogen-bond donors (Lipinski definition) is 2. The number of carboxylic acid groups (broad SMARTS) is 1. The topological polar surface area (TPSA) is 78.6 Å². The molecule has 1 fully saturated rings. The van der Waals surface area contributed by atoms with Gasteiger partial charge in [0.15, 0.2) is 0 Å². The second-order valence-corrected chi connectivity index (χ2v) is 6.42. The van der Waals surface area contributed by atoms with E-state index in [4.69, 9.17) is 0 Å². The lowest BCUT2D eigenvalue weighted by Crippen LogP contribution is -2.41. The Morgan fingerprint density at radius 3 is 2.71 bits per heavy atom. The van der Waals surface area contributed by atoms with Gasteiger partial charge in [0.2, 0.25) is 0 Å². The third-order valence-corrected chi connectivity index (χ3v) is 4.74. The van der Waals surface area contributed by atoms with Gasteiger partial charge in [0, 0.05) is 24.6 Å². The van der Waals surface area contributed by atoms with Gasteiger partial charge < -0.3 is 10.2 Å². The number of benzene rings is 1. The quantitative estimate of drug-likeness (QED) is 0.877. The van der Waals surface area contributed by atoms with Crippen LogP contribution < -0.4 is 0 Å². The number of aliphatic hydroxyl groups is 1. The number of nitrogens with zero attached hydrogens (tertiary/aromatic N) is 3. The second kappa shape index (κ2) is 7.15. The standard InChI is InChI=1S/C18H23N3O3/c1-13-3-4-15(16(11-13)21-8-2-7-19-21)17(18(23)24)20-9-5-14(12-22)6-10-20/h2-4,7-8,11,14,17,22H,5-6,9-10,12H2,1H3,(H,23,24)/t17-/m0/s1. The number of aliphatic carboxylic acids is 1. The monoisotopic (exact) mass is 329 g/mol. The molecule has 3 rings (SSSR count). The first-order valence-electron chi connectivity index (χ1n) is 8.28. The van der Waals surface area contributed by atoms with Gasteiger partial charge >= 0.3 is 5.97 Å². The maximum atomic E-state index is 12.0. The van der Waals surface area contributed by atoms with Crippen LogP contribution in [0.15, 0.2) is 36.7 Å². The third kappa shape index (κ3) is 3.34. The van der Waals surface area contributed by atoms with Gasteiger partial charge in [0.1, 0.15) is 6.04 Å². The number of aryl methyl sites for hydroxylation is 1. The van der Waals surface area contributed by atoms with E-state index in [0.29, 0.717) is 13.1 Å². The molecular weight excluding hydrogens is 306 g/mol. The van der Waals surface area contributed by atoms with E-state index in [0.717, 1.165) is 29.7 Å². The Labute approximate surface area is 141 Å². The van der Waals surface area contributed by atoms with Crippen LogP contribution in [0, 0.1) is 12.8 Å². The van der Waals surface area contributed by atoms with Gasteiger partial charge in [-0.3, -0.25) is 9.69 Å². The highest BCUT2D eigenvalue weighted by atomic mass is 16.4. The minimum absolute atomic E-state index is 0.175. The van der Waals surface area contributed by atoms with Crippen molar-refractivity contribution in [3.63, 3.8) is 0 Å². The molecule has 2 aromatic rings. The Hall–Kier alpha value is -2.18. The van der Waals surface area contributed by atoms with E-state index >= 15 is 0 Å². The summed E-state index contributed by atoms with van der Waals surface area (Å²) < 4.78 is 1.72. The molecule has 0 saturated carbocycles. The lowest BCUT2D eigenvalue weighted by atomic mass is 9.94. The number of carbonyl (C=O) groups is 1. The van der Waals surface area contributed by atoms with E-state index in [2.05, 4.69) is 5.10 Å². The molecule has 2 N–H and O–H groups in total. The van der Waals surface area contributed by atoms with Crippen LogP contribution >= 0.6 is 0 Å². The summed E-state index contributed by atoms with van der Waals surface area (Å²) >= 11 is 0. The molecule has 0 radical (unpaired) electrons. The molecule has 24 heavy (non-hydrogen) atoms. The number of aliphatic hydroxyl groups excluding tert-OH is 1. The molecule has 2 heterocycles. The number of rotatable bonds is 5. The Balaban J connectivity index is 1.96. The number of carboxylic acids is 1. The van der Waals surface area contributed by atoms with Crippen LogP contribution in [0.4, 0.5) is 0 Å². The normalized spacial score (nSPS) is 17.8. The van der Waals surface area contributed by atoms with E-state index in [1.807, 2.05) is 42.3 Å². The van der Waals surface area contributed by atoms with Crippen molar-refractivity contribution in [3.8, 4) is 5.69 Å². The summed E-state index contributed by atoms with van der Waals surface area (Å²) in [6, 6.07) is 6.93. The summed E-state index contributed by atoms with van der Waals surface area (Å²) in [6.45, 7) is 3.51. The van der Waals surface area contributed by atoms with Crippen LogP contribution in [-0.2, 0) is 4.79 Å². The fourth-order valence-electron chi connectivity index (χ4n) is 3.37. The lowest BCUT2D eigenvalue weighted by Gasteiger charge is -2.35. The van der Waals surface area contributed by atoms with E-state index < -0.39 is 12.0 Å². The van der Waals surface area contributed by atoms with Gasteiger partial charge in [-0.05, 0) is 56.5 Å². The van der Waals surface area contributed by atoms with Crippen LogP contribution in [0.1, 0.15) is 30.0 Å². The highest BCUT2D eigenvalue weighted by Crippen LogP contribution is 2.31. The molecule has 1 aromatic carbocycles. The minimum Gasteiger partial charge on any atom is -0.480 e. The zero-order valence-corrected chi connectivity index (χ0v) is 13.8. The molecule has 1 aliphatic heterocycles. The summed E-state index contributed by atoms with van der Waals surface area (Å²) in [7, 11) is 0. The van der Waals surface area contributed by atoms with Crippen LogP contribution in [0.25, 0.3) is 5.69 Å². The SMILES string of the molecule is Cc1ccc([C@@H](C(=O)O)N2CCC(CO)CC2)c(-n2cccn2)c1. The van der Waals surface area contributed by atoms with Crippen molar-refractivity contribution < 1.29 is 15.0 Å². The van der Waals surface area contributed by atoms with Crippen molar-refractivity contribution >= 4 is 5.97 Å². The minimum atomic E-state index is -0.852. The summed E-state index contributed by atoms with van der Waals surface area (Å²) in [5.74, 6) is -0.575. The first-order chi connectivity index (χ1) is 11.6. The number of likely N-dealkylation sites (tertiary alicyclic amines) is 1. The molecule has 0 bridgehead atoms. The largest absolute Gasteiger partial charge is 0.480 e. The molecule has 1 atom stereocenters. The molecule has 1 saturated heterocycles. The van der Waals surface area contributed by atoms with E-state index in [9.17, 15) is 15.0 Å². The summed E-state index contributed by atoms with van der Waals surface area (Å²) in [5.41, 5.74) is 2.61. The molecule has 1 aliphatic rings. The van der Waals surface area contributed by atoms with Crippen molar-refractivity contribution in [3.05, 3.63) is 47.8 Å². The highest BCUT2D eigenvalue weighted by Gasteiger charge is 2.32. The third-order valence-electron chi connectivity index (χ3n) is 4.74. The molecule has 0 aliphatic carbocycles. The van der Waals surface area contributed by atoms with Gasteiger partial charge in [-0.15, -0.1) is 0 Å². The molecule has 0 spiro atoms. The van der Waals surface area contributed by atoms with Crippen LogP contribution in [-0.4, -0.2) is 50.6 Å². The Kier molecular flexibility index (Phi) is 4.97. The van der Waals surface area contributed by atoms with E-state index in [1.54, 1.807) is 10.9 Å². The van der Waals surface area contributed by atoms with Crippen molar-refractivity contribution in [2.24, 2.45) is 5.92 Å². The van der Waals surface area contributed by atoms with Crippen molar-refractivity contribution in [2.45, 2.75) is 25.8 Å². The van der Waals surface area contributed by atoms with Crippen molar-refractivity contribution in [2.75, 3.05) is 19.7 Å². The fourth-order valence-corrected chi connectivity index (χ4v) is 3.37. The lowest BCUT2D eigenvalue weighted by molar-refractivity contribution is -0.144. The Morgan fingerprint density at radius 1 is 1.38 bits per heavy atom. The van der Waals surface area contributed by atoms with Gasteiger partial charge in [-0.2, -0.15) is 5.10 Å². The number of aromatic nitrogens is 2. The predicted octanol–water partition coefficient (Wildman–Crippen LogP) is 2.01. The van der Waals surface area contributed by atoms with Gasteiger partial charge in [-0.1, -0.05) is 12.1 Å². The molecule has 0 amide bonds. The van der Waals surface area contributed by atoms with Crippen molar-refractivity contribution in [1.29, 1.82) is 0 Å². The Bertz CT molecular complexity index is 692. The fraction of sp³-hybridized carbons (Fsp3) is 0.444. The average molecular weight is 329 g/mol. The van der Waals surface area contributed by atoms with E-state index in [1.165, 1.54) is 0 Å². The molecule has 6 nitrogen and oxygen atoms in total. The number of piperidine rings is 1. The average Bonchev–Trinajstić information content (AvgIpc) is 3.11. The molecule has 0 unspecified atom stereocenters. The zero-order chi connectivity index (χ0) is 17.1. The highest BCUT2D eigenvalue weighted by molar-refractivity contribution is 5.77. The molecule has 1 aromatic heterocycles. The summed E-state index contributed by atoms with van der Waals surface area (Å²) in [6.07, 6.45) is 5.16. The molecular formula is C18H23N3O3. The first kappa shape index (κ1) is 16.7. The molecule has 128 valence electrons. The molecule has 6 heteroatoms. The first-order valence-corrected chi connectivity index (χ1v) is 8.28. The van der Waals surface area contributed by atoms with E-state index in [-0.39, 0.29) is 12.5 Å². The maximum absolute atomic E-state index is 12.0. The van der Waals surface area contributed by atoms with Crippen molar-refractivity contribution in [1.82, 2.24) is 14.7 Å². The predicted molar refractivity (Wildman–Crippen MR) is 90.1 cm³/mol. The second-order valence-electron chi connectivity index (χ2n) is 6.42. The maximum Gasteiger partial charge on any atom is 0.325 e. The summed E-state index contributed by atoms with van der Waals surface area (Å²) in [4.78, 5) is 14.0.